The number of hydrogen-bond donors (Lipinski definition) is 2. The molecular formula is C29H36N4O6. The van der Waals surface area contributed by atoms with Crippen LogP contribution in [0.25, 0.3) is 0 Å². The molecule has 3 amide bonds. The van der Waals surface area contributed by atoms with Crippen molar-refractivity contribution in [2.75, 3.05) is 18.4 Å². The molecular weight excluding hydrogens is 500 g/mol. The van der Waals surface area contributed by atoms with E-state index in [0.717, 1.165) is 16.8 Å². The Morgan fingerprint density at radius 2 is 1.62 bits per heavy atom. The third-order valence-corrected chi connectivity index (χ3v) is 6.89. The number of ether oxygens (including phenoxy) is 2. The van der Waals surface area contributed by atoms with Gasteiger partial charge in [0.05, 0.1) is 6.42 Å². The molecule has 2 aromatic carbocycles. The zero-order valence-electron chi connectivity index (χ0n) is 22.6. The SMILES string of the molecule is CC(C)(C)OC(=O)C(N)(CC(=O)N1CCC(N2Cc3ccccc3NC2=O)CC1)C(=O)OCc1ccccc1. The number of benzene rings is 2. The number of rotatable bonds is 7. The number of piperidine rings is 1. The number of nitrogens with one attached hydrogen (secondary N) is 1. The Morgan fingerprint density at radius 1 is 0.974 bits per heavy atom. The number of likely N-dealkylation sites (tertiary alicyclic amines) is 1. The number of hydrogen-bond acceptors (Lipinski definition) is 7. The maximum Gasteiger partial charge on any atom is 0.338 e. The molecule has 10 nitrogen and oxygen atoms in total. The summed E-state index contributed by atoms with van der Waals surface area (Å²) < 4.78 is 10.8. The molecule has 1 fully saturated rings. The van der Waals surface area contributed by atoms with Crippen molar-refractivity contribution >= 4 is 29.6 Å². The van der Waals surface area contributed by atoms with Crippen LogP contribution < -0.4 is 11.1 Å². The topological polar surface area (TPSA) is 131 Å². The van der Waals surface area contributed by atoms with Gasteiger partial charge in [0.1, 0.15) is 12.2 Å². The normalized spacial score (nSPS) is 17.5. The summed E-state index contributed by atoms with van der Waals surface area (Å²) in [5.74, 6) is -2.49. The van der Waals surface area contributed by atoms with Gasteiger partial charge < -0.3 is 30.3 Å². The molecule has 0 bridgehead atoms. The molecule has 3 N–H and O–H groups in total. The van der Waals surface area contributed by atoms with Crippen LogP contribution in [0.5, 0.6) is 0 Å². The first-order valence-electron chi connectivity index (χ1n) is 13.1. The molecule has 0 saturated carbocycles. The Morgan fingerprint density at radius 3 is 2.28 bits per heavy atom. The maximum absolute atomic E-state index is 13.3. The van der Waals surface area contributed by atoms with Crippen molar-refractivity contribution in [2.24, 2.45) is 5.73 Å². The Kier molecular flexibility index (Phi) is 8.25. The van der Waals surface area contributed by atoms with Crippen molar-refractivity contribution in [2.45, 2.75) is 70.4 Å². The van der Waals surface area contributed by atoms with Gasteiger partial charge in [-0.1, -0.05) is 48.5 Å². The van der Waals surface area contributed by atoms with Crippen LogP contribution in [0.2, 0.25) is 0 Å². The summed E-state index contributed by atoms with van der Waals surface area (Å²) in [6.45, 7) is 6.09. The van der Waals surface area contributed by atoms with Crippen LogP contribution in [-0.4, -0.2) is 63.9 Å². The van der Waals surface area contributed by atoms with E-state index in [1.807, 2.05) is 30.3 Å². The molecule has 2 aromatic rings. The zero-order chi connectivity index (χ0) is 28.2. The van der Waals surface area contributed by atoms with Crippen LogP contribution in [0.4, 0.5) is 10.5 Å². The highest BCUT2D eigenvalue weighted by molar-refractivity contribution is 6.08. The lowest BCUT2D eigenvalue weighted by atomic mass is 9.94. The van der Waals surface area contributed by atoms with Gasteiger partial charge in [-0.25, -0.2) is 14.4 Å². The summed E-state index contributed by atoms with van der Waals surface area (Å²) >= 11 is 0. The molecule has 4 rings (SSSR count). The largest absolute Gasteiger partial charge is 0.459 e. The van der Waals surface area contributed by atoms with Gasteiger partial charge in [0, 0.05) is 31.4 Å². The summed E-state index contributed by atoms with van der Waals surface area (Å²) in [4.78, 5) is 55.6. The molecule has 1 unspecified atom stereocenters. The predicted octanol–water partition coefficient (Wildman–Crippen LogP) is 3.20. The van der Waals surface area contributed by atoms with Crippen LogP contribution in [0.15, 0.2) is 54.6 Å². The number of carbonyl (C=O) groups is 4. The highest BCUT2D eigenvalue weighted by Gasteiger charge is 2.49. The Bertz CT molecular complexity index is 1220. The Balaban J connectivity index is 1.40. The number of para-hydroxylation sites is 1. The fourth-order valence-electron chi connectivity index (χ4n) is 4.74. The molecule has 0 aliphatic carbocycles. The highest BCUT2D eigenvalue weighted by atomic mass is 16.6. The molecule has 39 heavy (non-hydrogen) atoms. The van der Waals surface area contributed by atoms with Gasteiger partial charge in [-0.15, -0.1) is 0 Å². The summed E-state index contributed by atoms with van der Waals surface area (Å²) in [5.41, 5.74) is 5.66. The lowest BCUT2D eigenvalue weighted by Gasteiger charge is -2.41. The van der Waals surface area contributed by atoms with Crippen molar-refractivity contribution in [3.63, 3.8) is 0 Å². The van der Waals surface area contributed by atoms with Crippen LogP contribution in [0.1, 0.15) is 51.2 Å². The lowest BCUT2D eigenvalue weighted by molar-refractivity contribution is -0.174. The first-order valence-corrected chi connectivity index (χ1v) is 13.1. The van der Waals surface area contributed by atoms with Crippen molar-refractivity contribution < 1.29 is 28.7 Å². The van der Waals surface area contributed by atoms with Gasteiger partial charge in [-0.3, -0.25) is 4.79 Å². The second kappa shape index (κ2) is 11.4. The van der Waals surface area contributed by atoms with E-state index in [0.29, 0.717) is 32.5 Å². The maximum atomic E-state index is 13.3. The number of carbonyl (C=O) groups excluding carboxylic acids is 4. The van der Waals surface area contributed by atoms with Crippen LogP contribution in [0, 0.1) is 0 Å². The number of amides is 3. The van der Waals surface area contributed by atoms with Gasteiger partial charge in [-0.2, -0.15) is 0 Å². The number of esters is 2. The number of fused-ring (bicyclic) bond motifs is 1. The van der Waals surface area contributed by atoms with Crippen LogP contribution >= 0.6 is 0 Å². The fraction of sp³-hybridized carbons (Fsp3) is 0.448. The highest BCUT2D eigenvalue weighted by Crippen LogP contribution is 2.28. The van der Waals surface area contributed by atoms with Gasteiger partial charge in [0.2, 0.25) is 11.4 Å². The number of anilines is 1. The molecule has 0 radical (unpaired) electrons. The second-order valence-corrected chi connectivity index (χ2v) is 11.0. The quantitative estimate of drug-likeness (QED) is 0.410. The van der Waals surface area contributed by atoms with Crippen molar-refractivity contribution in [3.05, 3.63) is 65.7 Å². The molecule has 10 heteroatoms. The molecule has 1 atom stereocenters. The van der Waals surface area contributed by atoms with E-state index >= 15 is 0 Å². The molecule has 1 saturated heterocycles. The number of nitrogens with two attached hydrogens (primary N) is 1. The lowest BCUT2D eigenvalue weighted by Crippen LogP contribution is -2.60. The second-order valence-electron chi connectivity index (χ2n) is 11.0. The van der Waals surface area contributed by atoms with E-state index in [9.17, 15) is 19.2 Å². The zero-order valence-corrected chi connectivity index (χ0v) is 22.6. The number of nitrogens with zero attached hydrogens (tertiary/aromatic N) is 2. The third-order valence-electron chi connectivity index (χ3n) is 6.89. The third kappa shape index (κ3) is 6.75. The van der Waals surface area contributed by atoms with Crippen LogP contribution in [-0.2, 0) is 37.0 Å². The summed E-state index contributed by atoms with van der Waals surface area (Å²) in [6.07, 6.45) is 0.533. The van der Waals surface area contributed by atoms with Gasteiger partial charge in [0.15, 0.2) is 0 Å². The standard InChI is InChI=1S/C29H36N4O6/c1-28(2,3)39-26(36)29(30,25(35)38-19-20-9-5-4-6-10-20)17-24(34)32-15-13-22(14-16-32)33-18-21-11-7-8-12-23(21)31-27(33)37/h4-12,22H,13-19,30H2,1-3H3,(H,31,37). The molecule has 208 valence electrons. The molecule has 0 spiro atoms. The smallest absolute Gasteiger partial charge is 0.338 e. The van der Waals surface area contributed by atoms with E-state index in [-0.39, 0.29) is 18.7 Å². The van der Waals surface area contributed by atoms with E-state index in [2.05, 4.69) is 5.32 Å². The molecule has 0 aromatic heterocycles. The van der Waals surface area contributed by atoms with Gasteiger partial charge >= 0.3 is 18.0 Å². The van der Waals surface area contributed by atoms with E-state index < -0.39 is 35.4 Å². The predicted molar refractivity (Wildman–Crippen MR) is 144 cm³/mol. The number of urea groups is 1. The van der Waals surface area contributed by atoms with Crippen LogP contribution in [0.3, 0.4) is 0 Å². The first-order chi connectivity index (χ1) is 18.5. The minimum Gasteiger partial charge on any atom is -0.459 e. The van der Waals surface area contributed by atoms with Crippen molar-refractivity contribution in [1.82, 2.24) is 9.80 Å². The van der Waals surface area contributed by atoms with Gasteiger partial charge in [-0.05, 0) is 50.8 Å². The average Bonchev–Trinajstić information content (AvgIpc) is 2.91. The van der Waals surface area contributed by atoms with E-state index in [1.54, 1.807) is 54.8 Å². The Hall–Kier alpha value is -3.92. The minimum atomic E-state index is -2.30. The minimum absolute atomic E-state index is 0.0493. The summed E-state index contributed by atoms with van der Waals surface area (Å²) in [7, 11) is 0. The first kappa shape index (κ1) is 28.1. The Labute approximate surface area is 228 Å². The summed E-state index contributed by atoms with van der Waals surface area (Å²) in [5, 5.41) is 2.93. The molecule has 2 aliphatic heterocycles. The van der Waals surface area contributed by atoms with Crippen molar-refractivity contribution in [3.8, 4) is 0 Å². The molecule has 2 heterocycles. The van der Waals surface area contributed by atoms with E-state index in [1.165, 1.54) is 0 Å². The fourth-order valence-corrected chi connectivity index (χ4v) is 4.74. The van der Waals surface area contributed by atoms with E-state index in [4.69, 9.17) is 15.2 Å². The molecule has 2 aliphatic rings. The van der Waals surface area contributed by atoms with Crippen molar-refractivity contribution in [1.29, 1.82) is 0 Å². The average molecular weight is 537 g/mol. The summed E-state index contributed by atoms with van der Waals surface area (Å²) in [6, 6.07) is 16.4. The monoisotopic (exact) mass is 536 g/mol. The van der Waals surface area contributed by atoms with Gasteiger partial charge in [0.25, 0.3) is 0 Å².